The van der Waals surface area contributed by atoms with Gasteiger partial charge in [0, 0.05) is 6.54 Å². The fourth-order valence-corrected chi connectivity index (χ4v) is 2.39. The number of rotatable bonds is 4. The van der Waals surface area contributed by atoms with E-state index in [9.17, 15) is 4.39 Å². The van der Waals surface area contributed by atoms with Crippen molar-refractivity contribution in [3.8, 4) is 0 Å². The number of ether oxygens (including phenoxy) is 1. The molecule has 0 amide bonds. The highest BCUT2D eigenvalue weighted by atomic mass is 19.1. The molecular formula is C14H22FNO. The van der Waals surface area contributed by atoms with Crippen LogP contribution in [0.25, 0.3) is 0 Å². The van der Waals surface area contributed by atoms with E-state index in [-0.39, 0.29) is 5.83 Å². The molecule has 0 aromatic carbocycles. The van der Waals surface area contributed by atoms with Crippen molar-refractivity contribution >= 4 is 0 Å². The Labute approximate surface area is 103 Å². The van der Waals surface area contributed by atoms with Crippen LogP contribution in [0.2, 0.25) is 0 Å². The van der Waals surface area contributed by atoms with Gasteiger partial charge < -0.3 is 4.74 Å². The van der Waals surface area contributed by atoms with E-state index in [2.05, 4.69) is 4.90 Å². The summed E-state index contributed by atoms with van der Waals surface area (Å²) in [5, 5.41) is 0. The fourth-order valence-electron chi connectivity index (χ4n) is 2.39. The van der Waals surface area contributed by atoms with Crippen LogP contribution in [0.1, 0.15) is 32.6 Å². The van der Waals surface area contributed by atoms with E-state index in [0.717, 1.165) is 26.1 Å². The molecule has 0 aromatic rings. The first-order chi connectivity index (χ1) is 8.25. The zero-order chi connectivity index (χ0) is 12.1. The summed E-state index contributed by atoms with van der Waals surface area (Å²) in [6, 6.07) is 0. The van der Waals surface area contributed by atoms with Crippen LogP contribution in [-0.4, -0.2) is 31.1 Å². The quantitative estimate of drug-likeness (QED) is 0.746. The predicted octanol–water partition coefficient (Wildman–Crippen LogP) is 3.27. The zero-order valence-electron chi connectivity index (χ0n) is 10.6. The average molecular weight is 239 g/mol. The molecule has 0 saturated carbocycles. The molecule has 17 heavy (non-hydrogen) atoms. The zero-order valence-corrected chi connectivity index (χ0v) is 10.6. The molecule has 1 saturated heterocycles. The van der Waals surface area contributed by atoms with E-state index in [1.807, 2.05) is 13.0 Å². The highest BCUT2D eigenvalue weighted by molar-refractivity contribution is 5.24. The van der Waals surface area contributed by atoms with E-state index < -0.39 is 0 Å². The molecule has 2 aliphatic rings. The largest absolute Gasteiger partial charge is 0.490 e. The van der Waals surface area contributed by atoms with Crippen LogP contribution in [-0.2, 0) is 4.74 Å². The van der Waals surface area contributed by atoms with E-state index in [0.29, 0.717) is 18.3 Å². The molecule has 0 spiro atoms. The van der Waals surface area contributed by atoms with Gasteiger partial charge in [0.05, 0.1) is 0 Å². The Bertz CT molecular complexity index is 305. The summed E-state index contributed by atoms with van der Waals surface area (Å²) in [4.78, 5) is 2.40. The van der Waals surface area contributed by atoms with E-state index in [1.165, 1.54) is 19.3 Å². The summed E-state index contributed by atoms with van der Waals surface area (Å²) in [5.74, 6) is 0.548. The molecule has 3 heteroatoms. The fraction of sp³-hybridized carbons (Fsp3) is 0.714. The van der Waals surface area contributed by atoms with E-state index >= 15 is 0 Å². The Kier molecular flexibility index (Phi) is 4.60. The minimum Gasteiger partial charge on any atom is -0.490 e. The second-order valence-corrected chi connectivity index (χ2v) is 5.05. The molecule has 1 fully saturated rings. The highest BCUT2D eigenvalue weighted by Crippen LogP contribution is 2.24. The minimum absolute atomic E-state index is 0.192. The van der Waals surface area contributed by atoms with Gasteiger partial charge in [-0.3, -0.25) is 4.90 Å². The van der Waals surface area contributed by atoms with Crippen molar-refractivity contribution in [1.29, 1.82) is 0 Å². The first kappa shape index (κ1) is 12.6. The molecular weight excluding hydrogens is 217 g/mol. The Hall–Kier alpha value is -0.830. The number of halogens is 1. The van der Waals surface area contributed by atoms with Crippen molar-refractivity contribution in [3.05, 3.63) is 23.7 Å². The van der Waals surface area contributed by atoms with E-state index in [4.69, 9.17) is 4.74 Å². The molecule has 1 heterocycles. The van der Waals surface area contributed by atoms with Crippen molar-refractivity contribution in [2.45, 2.75) is 32.6 Å². The van der Waals surface area contributed by atoms with Crippen LogP contribution in [0.3, 0.4) is 0 Å². The first-order valence-electron chi connectivity index (χ1n) is 6.68. The predicted molar refractivity (Wildman–Crippen MR) is 67.3 cm³/mol. The van der Waals surface area contributed by atoms with Crippen LogP contribution >= 0.6 is 0 Å². The maximum absolute atomic E-state index is 13.5. The lowest BCUT2D eigenvalue weighted by Crippen LogP contribution is -2.32. The van der Waals surface area contributed by atoms with Gasteiger partial charge in [-0.05, 0) is 50.4 Å². The molecule has 96 valence electrons. The Balaban J connectivity index is 1.70. The normalized spacial score (nSPS) is 26.4. The van der Waals surface area contributed by atoms with Crippen LogP contribution in [0.4, 0.5) is 4.39 Å². The molecule has 0 N–H and O–H groups in total. The number of allylic oxidation sites excluding steroid dienone is 3. The van der Waals surface area contributed by atoms with Crippen LogP contribution in [0.5, 0.6) is 0 Å². The number of nitrogens with zero attached hydrogens (tertiary/aromatic N) is 1. The van der Waals surface area contributed by atoms with Gasteiger partial charge in [0.2, 0.25) is 0 Å². The maximum Gasteiger partial charge on any atom is 0.161 e. The molecule has 2 rings (SSSR count). The van der Waals surface area contributed by atoms with Crippen LogP contribution in [0, 0.1) is 5.92 Å². The third-order valence-electron chi connectivity index (χ3n) is 3.46. The van der Waals surface area contributed by atoms with Crippen molar-refractivity contribution in [1.82, 2.24) is 4.90 Å². The van der Waals surface area contributed by atoms with Crippen LogP contribution in [0.15, 0.2) is 23.7 Å². The third-order valence-corrected chi connectivity index (χ3v) is 3.46. The molecule has 1 unspecified atom stereocenters. The third kappa shape index (κ3) is 3.84. The lowest BCUT2D eigenvalue weighted by atomic mass is 10.0. The summed E-state index contributed by atoms with van der Waals surface area (Å²) in [6.45, 7) is 5.86. The molecule has 0 bridgehead atoms. The molecule has 0 aromatic heterocycles. The maximum atomic E-state index is 13.5. The number of piperidine rings is 1. The van der Waals surface area contributed by atoms with Gasteiger partial charge in [-0.2, -0.15) is 0 Å². The topological polar surface area (TPSA) is 12.5 Å². The number of likely N-dealkylation sites (tertiary alicyclic amines) is 1. The van der Waals surface area contributed by atoms with Gasteiger partial charge in [0.1, 0.15) is 6.61 Å². The Morgan fingerprint density at radius 3 is 2.82 bits per heavy atom. The molecule has 1 atom stereocenters. The van der Waals surface area contributed by atoms with E-state index in [1.54, 1.807) is 6.08 Å². The first-order valence-corrected chi connectivity index (χ1v) is 6.68. The summed E-state index contributed by atoms with van der Waals surface area (Å²) >= 11 is 0. The van der Waals surface area contributed by atoms with Crippen molar-refractivity contribution < 1.29 is 9.13 Å². The Morgan fingerprint density at radius 1 is 1.35 bits per heavy atom. The van der Waals surface area contributed by atoms with Crippen LogP contribution < -0.4 is 0 Å². The van der Waals surface area contributed by atoms with Crippen molar-refractivity contribution in [3.63, 3.8) is 0 Å². The molecule has 1 aliphatic carbocycles. The molecule has 2 nitrogen and oxygen atoms in total. The molecule has 0 radical (unpaired) electrons. The lowest BCUT2D eigenvalue weighted by Gasteiger charge is -2.26. The standard InChI is InChI=1S/C14H22FNO/c1-12-5-6-14(13(15)11-12)17-10-9-16-7-3-2-4-8-16/h6,11-12H,2-5,7-10H2,1H3. The second kappa shape index (κ2) is 6.20. The SMILES string of the molecule is CC1C=C(F)C(OCCN2CCCCC2)=CC1. The van der Waals surface area contributed by atoms with Gasteiger partial charge >= 0.3 is 0 Å². The smallest absolute Gasteiger partial charge is 0.161 e. The van der Waals surface area contributed by atoms with Gasteiger partial charge in [-0.15, -0.1) is 0 Å². The summed E-state index contributed by atoms with van der Waals surface area (Å²) in [6.07, 6.45) is 8.32. The summed E-state index contributed by atoms with van der Waals surface area (Å²) in [5.41, 5.74) is 0. The number of hydrogen-bond donors (Lipinski definition) is 0. The second-order valence-electron chi connectivity index (χ2n) is 5.05. The highest BCUT2D eigenvalue weighted by Gasteiger charge is 2.15. The van der Waals surface area contributed by atoms with Gasteiger partial charge in [0.15, 0.2) is 11.6 Å². The minimum atomic E-state index is -0.192. The van der Waals surface area contributed by atoms with Gasteiger partial charge in [0.25, 0.3) is 0 Å². The Morgan fingerprint density at radius 2 is 2.12 bits per heavy atom. The van der Waals surface area contributed by atoms with Gasteiger partial charge in [-0.25, -0.2) is 4.39 Å². The summed E-state index contributed by atoms with van der Waals surface area (Å²) < 4.78 is 19.0. The number of hydrogen-bond acceptors (Lipinski definition) is 2. The van der Waals surface area contributed by atoms with Crippen molar-refractivity contribution in [2.24, 2.45) is 5.92 Å². The lowest BCUT2D eigenvalue weighted by molar-refractivity contribution is 0.140. The summed E-state index contributed by atoms with van der Waals surface area (Å²) in [7, 11) is 0. The molecule has 1 aliphatic heterocycles. The van der Waals surface area contributed by atoms with Crippen molar-refractivity contribution in [2.75, 3.05) is 26.2 Å². The van der Waals surface area contributed by atoms with Gasteiger partial charge in [-0.1, -0.05) is 13.3 Å². The monoisotopic (exact) mass is 239 g/mol. The average Bonchev–Trinajstić information content (AvgIpc) is 2.33.